The Morgan fingerprint density at radius 1 is 1.00 bits per heavy atom. The van der Waals surface area contributed by atoms with Crippen LogP contribution in [0.15, 0.2) is 75.8 Å². The molecule has 1 amide bonds. The van der Waals surface area contributed by atoms with Gasteiger partial charge < -0.3 is 18.8 Å². The van der Waals surface area contributed by atoms with Crippen molar-refractivity contribution in [2.75, 3.05) is 13.7 Å². The van der Waals surface area contributed by atoms with E-state index in [1.165, 1.54) is 0 Å². The first kappa shape index (κ1) is 19.0. The van der Waals surface area contributed by atoms with E-state index in [1.54, 1.807) is 18.3 Å². The van der Waals surface area contributed by atoms with Crippen LogP contribution in [-0.2, 0) is 17.9 Å². The van der Waals surface area contributed by atoms with E-state index in [9.17, 15) is 4.79 Å². The van der Waals surface area contributed by atoms with Gasteiger partial charge in [0.25, 0.3) is 5.91 Å². The summed E-state index contributed by atoms with van der Waals surface area (Å²) in [5.41, 5.74) is 0.999. The molecule has 0 aliphatic rings. The van der Waals surface area contributed by atoms with Crippen molar-refractivity contribution in [1.29, 1.82) is 0 Å². The molecule has 0 aliphatic carbocycles. The zero-order valence-electron chi connectivity index (χ0n) is 14.9. The topological polar surface area (TPSA) is 51.9 Å². The first-order chi connectivity index (χ1) is 13.1. The Bertz CT molecular complexity index is 845. The monoisotopic (exact) mass is 429 g/mol. The van der Waals surface area contributed by atoms with E-state index < -0.39 is 0 Å². The van der Waals surface area contributed by atoms with Crippen molar-refractivity contribution in [2.24, 2.45) is 0 Å². The molecule has 1 heterocycles. The van der Waals surface area contributed by atoms with Crippen LogP contribution in [0.2, 0.25) is 0 Å². The Balaban J connectivity index is 1.67. The second kappa shape index (κ2) is 9.28. The van der Waals surface area contributed by atoms with Gasteiger partial charge >= 0.3 is 0 Å². The fourth-order valence-corrected chi connectivity index (χ4v) is 2.81. The summed E-state index contributed by atoms with van der Waals surface area (Å²) < 4.78 is 17.2. The zero-order chi connectivity index (χ0) is 19.1. The van der Waals surface area contributed by atoms with Gasteiger partial charge in [-0.15, -0.1) is 0 Å². The molecule has 0 fully saturated rings. The number of carbonyl (C=O) groups excluding carboxylic acids is 1. The number of carbonyl (C=O) groups is 1. The number of halogens is 1. The molecule has 140 valence electrons. The number of nitrogens with zero attached hydrogens (tertiary/aromatic N) is 1. The Kier molecular flexibility index (Phi) is 6.54. The van der Waals surface area contributed by atoms with Crippen LogP contribution < -0.4 is 9.47 Å². The lowest BCUT2D eigenvalue weighted by atomic mass is 10.2. The maximum absolute atomic E-state index is 12.8. The highest BCUT2D eigenvalue weighted by Crippen LogP contribution is 2.18. The summed E-state index contributed by atoms with van der Waals surface area (Å²) in [6.07, 6.45) is 1.60. The number of ether oxygens (including phenoxy) is 2. The molecule has 3 rings (SSSR count). The molecular formula is C21H20BrNO4. The van der Waals surface area contributed by atoms with Crippen LogP contribution in [0.5, 0.6) is 11.5 Å². The van der Waals surface area contributed by atoms with Crippen molar-refractivity contribution >= 4 is 21.8 Å². The standard InChI is InChI=1S/C21H20BrNO4/c1-25-18-8-4-16(5-9-18)13-23(14-20-3-2-12-26-20)21(24)15-27-19-10-6-17(22)7-11-19/h2-12H,13-15H2,1H3. The van der Waals surface area contributed by atoms with E-state index in [-0.39, 0.29) is 12.5 Å². The molecule has 27 heavy (non-hydrogen) atoms. The molecule has 0 atom stereocenters. The van der Waals surface area contributed by atoms with Gasteiger partial charge in [0.05, 0.1) is 19.9 Å². The third-order valence-corrected chi connectivity index (χ3v) is 4.52. The van der Waals surface area contributed by atoms with Crippen LogP contribution in [0.1, 0.15) is 11.3 Å². The average Bonchev–Trinajstić information content (AvgIpc) is 3.20. The molecular weight excluding hydrogens is 410 g/mol. The molecule has 0 N–H and O–H groups in total. The molecule has 0 unspecified atom stereocenters. The molecule has 0 bridgehead atoms. The minimum Gasteiger partial charge on any atom is -0.497 e. The quantitative estimate of drug-likeness (QED) is 0.522. The number of benzene rings is 2. The molecule has 1 aromatic heterocycles. The maximum atomic E-state index is 12.8. The van der Waals surface area contributed by atoms with E-state index in [0.717, 1.165) is 21.5 Å². The summed E-state index contributed by atoms with van der Waals surface area (Å²) in [6, 6.07) is 18.7. The molecule has 0 spiro atoms. The first-order valence-corrected chi connectivity index (χ1v) is 9.25. The van der Waals surface area contributed by atoms with Gasteiger partial charge in [0.1, 0.15) is 17.3 Å². The number of furan rings is 1. The third kappa shape index (κ3) is 5.62. The average molecular weight is 430 g/mol. The van der Waals surface area contributed by atoms with Gasteiger partial charge in [0.2, 0.25) is 0 Å². The summed E-state index contributed by atoms with van der Waals surface area (Å²) in [7, 11) is 1.63. The second-order valence-corrected chi connectivity index (χ2v) is 6.84. The van der Waals surface area contributed by atoms with E-state index >= 15 is 0 Å². The molecule has 3 aromatic rings. The lowest BCUT2D eigenvalue weighted by Crippen LogP contribution is -2.34. The second-order valence-electron chi connectivity index (χ2n) is 5.92. The minimum atomic E-state index is -0.120. The predicted molar refractivity (Wildman–Crippen MR) is 106 cm³/mol. The molecule has 0 radical (unpaired) electrons. The number of amides is 1. The van der Waals surface area contributed by atoms with E-state index in [4.69, 9.17) is 13.9 Å². The number of rotatable bonds is 8. The number of hydrogen-bond acceptors (Lipinski definition) is 4. The Hall–Kier alpha value is -2.73. The van der Waals surface area contributed by atoms with Crippen LogP contribution in [0.4, 0.5) is 0 Å². The van der Waals surface area contributed by atoms with E-state index in [2.05, 4.69) is 15.9 Å². The van der Waals surface area contributed by atoms with Gasteiger partial charge in [-0.05, 0) is 54.1 Å². The normalized spacial score (nSPS) is 10.4. The largest absolute Gasteiger partial charge is 0.497 e. The third-order valence-electron chi connectivity index (χ3n) is 3.99. The SMILES string of the molecule is COc1ccc(CN(Cc2ccco2)C(=O)COc2ccc(Br)cc2)cc1. The van der Waals surface area contributed by atoms with Gasteiger partial charge in [-0.2, -0.15) is 0 Å². The van der Waals surface area contributed by atoms with Crippen molar-refractivity contribution in [2.45, 2.75) is 13.1 Å². The minimum absolute atomic E-state index is 0.0432. The highest BCUT2D eigenvalue weighted by molar-refractivity contribution is 9.10. The smallest absolute Gasteiger partial charge is 0.261 e. The van der Waals surface area contributed by atoms with Gasteiger partial charge in [0.15, 0.2) is 6.61 Å². The Morgan fingerprint density at radius 2 is 1.70 bits per heavy atom. The number of methoxy groups -OCH3 is 1. The van der Waals surface area contributed by atoms with Crippen molar-refractivity contribution in [3.63, 3.8) is 0 Å². The van der Waals surface area contributed by atoms with Gasteiger partial charge in [-0.25, -0.2) is 0 Å². The van der Waals surface area contributed by atoms with Crippen LogP contribution in [0.3, 0.4) is 0 Å². The van der Waals surface area contributed by atoms with E-state index in [0.29, 0.717) is 18.8 Å². The molecule has 0 saturated carbocycles. The molecule has 5 nitrogen and oxygen atoms in total. The Morgan fingerprint density at radius 3 is 2.33 bits per heavy atom. The Labute approximate surface area is 166 Å². The lowest BCUT2D eigenvalue weighted by molar-refractivity contribution is -0.134. The number of hydrogen-bond donors (Lipinski definition) is 0. The highest BCUT2D eigenvalue weighted by atomic mass is 79.9. The summed E-state index contributed by atoms with van der Waals surface area (Å²) >= 11 is 3.38. The summed E-state index contributed by atoms with van der Waals surface area (Å²) in [6.45, 7) is 0.785. The zero-order valence-corrected chi connectivity index (χ0v) is 16.5. The van der Waals surface area contributed by atoms with Crippen molar-refractivity contribution in [1.82, 2.24) is 4.90 Å². The predicted octanol–water partition coefficient (Wildman–Crippen LogP) is 4.66. The van der Waals surface area contributed by atoms with Crippen molar-refractivity contribution < 1.29 is 18.7 Å². The fraction of sp³-hybridized carbons (Fsp3) is 0.190. The van der Waals surface area contributed by atoms with Gasteiger partial charge in [-0.1, -0.05) is 28.1 Å². The molecule has 0 saturated heterocycles. The van der Waals surface area contributed by atoms with Crippen LogP contribution in [0.25, 0.3) is 0 Å². The summed E-state index contributed by atoms with van der Waals surface area (Å²) in [4.78, 5) is 14.5. The van der Waals surface area contributed by atoms with Gasteiger partial charge in [0, 0.05) is 11.0 Å². The van der Waals surface area contributed by atoms with Crippen LogP contribution in [-0.4, -0.2) is 24.5 Å². The summed E-state index contributed by atoms with van der Waals surface area (Å²) in [5, 5.41) is 0. The van der Waals surface area contributed by atoms with Gasteiger partial charge in [-0.3, -0.25) is 4.79 Å². The molecule has 2 aromatic carbocycles. The molecule has 0 aliphatic heterocycles. The first-order valence-electron chi connectivity index (χ1n) is 8.45. The fourth-order valence-electron chi connectivity index (χ4n) is 2.54. The van der Waals surface area contributed by atoms with Crippen molar-refractivity contribution in [3.8, 4) is 11.5 Å². The highest BCUT2D eigenvalue weighted by Gasteiger charge is 2.17. The maximum Gasteiger partial charge on any atom is 0.261 e. The molecule has 6 heteroatoms. The van der Waals surface area contributed by atoms with Crippen molar-refractivity contribution in [3.05, 3.63) is 82.7 Å². The van der Waals surface area contributed by atoms with Crippen LogP contribution in [0, 0.1) is 0 Å². The lowest BCUT2D eigenvalue weighted by Gasteiger charge is -2.22. The summed E-state index contributed by atoms with van der Waals surface area (Å²) in [5.74, 6) is 2.03. The van der Waals surface area contributed by atoms with E-state index in [1.807, 2.05) is 60.7 Å². The van der Waals surface area contributed by atoms with Crippen LogP contribution >= 0.6 is 15.9 Å².